The van der Waals surface area contributed by atoms with Crippen LogP contribution in [0.3, 0.4) is 0 Å². The van der Waals surface area contributed by atoms with Gasteiger partial charge in [-0.1, -0.05) is 6.07 Å². The Kier molecular flexibility index (Phi) is 4.92. The zero-order valence-electron chi connectivity index (χ0n) is 14.2. The second-order valence-corrected chi connectivity index (χ2v) is 6.97. The number of alkyl halides is 2. The van der Waals surface area contributed by atoms with Gasteiger partial charge in [0.15, 0.2) is 0 Å². The predicted octanol–water partition coefficient (Wildman–Crippen LogP) is 4.29. The monoisotopic (exact) mass is 384 g/mol. The van der Waals surface area contributed by atoms with Crippen molar-refractivity contribution in [3.8, 4) is 0 Å². The van der Waals surface area contributed by atoms with E-state index in [1.165, 1.54) is 12.3 Å². The van der Waals surface area contributed by atoms with Crippen LogP contribution in [0, 0.1) is 17.6 Å². The summed E-state index contributed by atoms with van der Waals surface area (Å²) in [7, 11) is 0. The van der Waals surface area contributed by atoms with Crippen LogP contribution in [0.25, 0.3) is 0 Å². The number of rotatable bonds is 4. The highest BCUT2D eigenvalue weighted by molar-refractivity contribution is 5.93. The number of primary amides is 1. The molecule has 2 N–H and O–H groups in total. The van der Waals surface area contributed by atoms with Gasteiger partial charge in [-0.25, -0.2) is 22.5 Å². The largest absolute Gasteiger partial charge is 0.366 e. The molecule has 1 amide bonds. The fourth-order valence-electron chi connectivity index (χ4n) is 3.67. The quantitative estimate of drug-likeness (QED) is 0.632. The van der Waals surface area contributed by atoms with Gasteiger partial charge in [0.25, 0.3) is 5.91 Å². The van der Waals surface area contributed by atoms with Crippen LogP contribution >= 0.6 is 0 Å². The van der Waals surface area contributed by atoms with Gasteiger partial charge < -0.3 is 5.73 Å². The summed E-state index contributed by atoms with van der Waals surface area (Å²) in [5, 5.41) is 0. The van der Waals surface area contributed by atoms with E-state index in [0.717, 1.165) is 12.1 Å². The zero-order chi connectivity index (χ0) is 19.8. The first-order valence-corrected chi connectivity index (χ1v) is 8.39. The number of pyridine rings is 1. The minimum atomic E-state index is -2.85. The molecule has 0 bridgehead atoms. The molecule has 27 heavy (non-hydrogen) atoms. The van der Waals surface area contributed by atoms with Crippen LogP contribution in [-0.2, 0) is 11.8 Å². The number of carbonyl (C=O) groups excluding carboxylic acids is 1. The molecule has 144 valence electrons. The second kappa shape index (κ2) is 6.90. The van der Waals surface area contributed by atoms with Crippen molar-refractivity contribution in [2.75, 3.05) is 0 Å². The number of carbonyl (C=O) groups is 1. The number of nitrogens with two attached hydrogens (primary N) is 1. The molecule has 8 heteroatoms. The molecule has 0 atom stereocenters. The molecule has 1 aliphatic carbocycles. The molecule has 3 nitrogen and oxygen atoms in total. The normalized spacial score (nSPS) is 18.3. The molecular weight excluding hydrogens is 367 g/mol. The third kappa shape index (κ3) is 3.94. The van der Waals surface area contributed by atoms with Gasteiger partial charge in [0.05, 0.1) is 5.56 Å². The van der Waals surface area contributed by atoms with E-state index in [4.69, 9.17) is 5.73 Å². The maximum atomic E-state index is 14.7. The molecule has 0 aliphatic heterocycles. The summed E-state index contributed by atoms with van der Waals surface area (Å²) in [6, 6.07) is 4.13. The second-order valence-electron chi connectivity index (χ2n) is 6.97. The Morgan fingerprint density at radius 2 is 1.74 bits per heavy atom. The average molecular weight is 384 g/mol. The Morgan fingerprint density at radius 3 is 2.30 bits per heavy atom. The number of amides is 1. The zero-order valence-corrected chi connectivity index (χ0v) is 14.2. The van der Waals surface area contributed by atoms with Crippen LogP contribution < -0.4 is 5.73 Å². The lowest BCUT2D eigenvalue weighted by Crippen LogP contribution is -2.38. The van der Waals surface area contributed by atoms with Gasteiger partial charge in [-0.05, 0) is 48.6 Å². The van der Waals surface area contributed by atoms with Crippen molar-refractivity contribution < 1.29 is 26.7 Å². The summed E-state index contributed by atoms with van der Waals surface area (Å²) in [6.45, 7) is 0. The third-order valence-corrected chi connectivity index (χ3v) is 5.19. The minimum Gasteiger partial charge on any atom is -0.366 e. The molecule has 1 fully saturated rings. The molecule has 1 aliphatic rings. The minimum absolute atomic E-state index is 0.0187. The summed E-state index contributed by atoms with van der Waals surface area (Å²) < 4.78 is 69.2. The standard InChI is InChI=1S/C19H17F5N2O/c20-13-7-11(16(22)14(8-13)17(25)27)9-18(3-5-19(23,24)6-4-18)12-1-2-15(21)26-10-12/h1-2,7-8,10H,3-6,9H2,(H2,25,27). The molecule has 0 spiro atoms. The van der Waals surface area contributed by atoms with E-state index in [2.05, 4.69) is 4.98 Å². The highest BCUT2D eigenvalue weighted by Gasteiger charge is 2.45. The molecule has 1 saturated carbocycles. The molecule has 1 heterocycles. The summed E-state index contributed by atoms with van der Waals surface area (Å²) in [5.74, 6) is -6.54. The third-order valence-electron chi connectivity index (χ3n) is 5.19. The maximum Gasteiger partial charge on any atom is 0.251 e. The molecule has 0 unspecified atom stereocenters. The van der Waals surface area contributed by atoms with Gasteiger partial charge in [0.2, 0.25) is 11.9 Å². The molecule has 0 saturated heterocycles. The summed E-state index contributed by atoms with van der Waals surface area (Å²) >= 11 is 0. The first kappa shape index (κ1) is 19.3. The number of aromatic nitrogens is 1. The van der Waals surface area contributed by atoms with Crippen molar-refractivity contribution in [2.24, 2.45) is 5.73 Å². The van der Waals surface area contributed by atoms with E-state index in [9.17, 15) is 26.7 Å². The number of hydrogen-bond donors (Lipinski definition) is 1. The lowest BCUT2D eigenvalue weighted by molar-refractivity contribution is -0.0522. The Morgan fingerprint density at radius 1 is 1.07 bits per heavy atom. The van der Waals surface area contributed by atoms with Gasteiger partial charge >= 0.3 is 0 Å². The lowest BCUT2D eigenvalue weighted by atomic mass is 9.65. The first-order valence-electron chi connectivity index (χ1n) is 8.39. The number of halogens is 5. The van der Waals surface area contributed by atoms with Gasteiger partial charge in [0.1, 0.15) is 11.6 Å². The fraction of sp³-hybridized carbons (Fsp3) is 0.368. The summed E-state index contributed by atoms with van der Waals surface area (Å²) in [4.78, 5) is 14.9. The number of nitrogens with zero attached hydrogens (tertiary/aromatic N) is 1. The topological polar surface area (TPSA) is 56.0 Å². The molecular formula is C19H17F5N2O. The fourth-order valence-corrected chi connectivity index (χ4v) is 3.67. The van der Waals surface area contributed by atoms with E-state index < -0.39 is 53.2 Å². The maximum absolute atomic E-state index is 14.7. The van der Waals surface area contributed by atoms with Gasteiger partial charge in [-0.15, -0.1) is 0 Å². The molecule has 1 aromatic carbocycles. The van der Waals surface area contributed by atoms with Crippen molar-refractivity contribution >= 4 is 5.91 Å². The lowest BCUT2D eigenvalue weighted by Gasteiger charge is -2.40. The molecule has 3 rings (SSSR count). The number of hydrogen-bond acceptors (Lipinski definition) is 2. The van der Waals surface area contributed by atoms with Gasteiger partial charge in [0, 0.05) is 24.5 Å². The van der Waals surface area contributed by atoms with E-state index in [-0.39, 0.29) is 24.8 Å². The van der Waals surface area contributed by atoms with Crippen LogP contribution in [0.5, 0.6) is 0 Å². The van der Waals surface area contributed by atoms with E-state index in [0.29, 0.717) is 11.6 Å². The van der Waals surface area contributed by atoms with Crippen molar-refractivity contribution in [1.29, 1.82) is 0 Å². The van der Waals surface area contributed by atoms with E-state index in [1.54, 1.807) is 0 Å². The van der Waals surface area contributed by atoms with E-state index in [1.807, 2.05) is 0 Å². The van der Waals surface area contributed by atoms with E-state index >= 15 is 0 Å². The van der Waals surface area contributed by atoms with Crippen molar-refractivity contribution in [1.82, 2.24) is 4.98 Å². The van der Waals surface area contributed by atoms with Crippen LogP contribution in [0.15, 0.2) is 30.5 Å². The number of benzene rings is 1. The smallest absolute Gasteiger partial charge is 0.251 e. The highest BCUT2D eigenvalue weighted by Crippen LogP contribution is 2.47. The SMILES string of the molecule is NC(=O)c1cc(F)cc(CC2(c3ccc(F)nc3)CCC(F)(F)CC2)c1F. The summed E-state index contributed by atoms with van der Waals surface area (Å²) in [5.41, 5.74) is 3.83. The predicted molar refractivity (Wildman–Crippen MR) is 87.9 cm³/mol. The first-order chi connectivity index (χ1) is 12.6. The van der Waals surface area contributed by atoms with Crippen LogP contribution in [0.1, 0.15) is 47.2 Å². The van der Waals surface area contributed by atoms with Crippen molar-refractivity contribution in [3.63, 3.8) is 0 Å². The average Bonchev–Trinajstić information content (AvgIpc) is 2.60. The van der Waals surface area contributed by atoms with Gasteiger partial charge in [-0.3, -0.25) is 4.79 Å². The Balaban J connectivity index is 2.05. The van der Waals surface area contributed by atoms with Gasteiger partial charge in [-0.2, -0.15) is 4.39 Å². The van der Waals surface area contributed by atoms with Crippen LogP contribution in [-0.4, -0.2) is 16.8 Å². The molecule has 2 aromatic rings. The molecule has 1 aromatic heterocycles. The Bertz CT molecular complexity index is 857. The Hall–Kier alpha value is -2.51. The van der Waals surface area contributed by atoms with Crippen LogP contribution in [0.2, 0.25) is 0 Å². The Labute approximate surface area is 152 Å². The highest BCUT2D eigenvalue weighted by atomic mass is 19.3. The van der Waals surface area contributed by atoms with Crippen molar-refractivity contribution in [3.05, 3.63) is 64.7 Å². The summed E-state index contributed by atoms with van der Waals surface area (Å²) in [6.07, 6.45) is 0.170. The molecule has 0 radical (unpaired) electrons. The van der Waals surface area contributed by atoms with Crippen molar-refractivity contribution in [2.45, 2.75) is 43.4 Å². The van der Waals surface area contributed by atoms with Crippen LogP contribution in [0.4, 0.5) is 22.0 Å².